The molecule has 3 heterocycles. The predicted octanol–water partition coefficient (Wildman–Crippen LogP) is 12.6. The van der Waals surface area contributed by atoms with E-state index in [0.29, 0.717) is 23.5 Å². The Morgan fingerprint density at radius 1 is 0.815 bits per heavy atom. The van der Waals surface area contributed by atoms with Crippen LogP contribution in [0, 0.1) is 17.5 Å². The van der Waals surface area contributed by atoms with Gasteiger partial charge in [-0.1, -0.05) is 125 Å². The van der Waals surface area contributed by atoms with Crippen LogP contribution in [0.2, 0.25) is 0 Å². The third-order valence-corrected chi connectivity index (χ3v) is 12.0. The molecule has 5 nitrogen and oxygen atoms in total. The van der Waals surface area contributed by atoms with Gasteiger partial charge in [-0.2, -0.15) is 6.07 Å². The molecule has 54 heavy (non-hydrogen) atoms. The number of benzene rings is 3. The first-order chi connectivity index (χ1) is 24.9. The molecule has 1 aliphatic carbocycles. The molecule has 0 spiro atoms. The van der Waals surface area contributed by atoms with Crippen molar-refractivity contribution in [3.63, 3.8) is 0 Å². The van der Waals surface area contributed by atoms with Gasteiger partial charge in [0.05, 0.1) is 6.04 Å². The molecule has 3 aromatic carbocycles. The molecule has 1 saturated carbocycles. The van der Waals surface area contributed by atoms with E-state index in [1.165, 1.54) is 54.4 Å². The van der Waals surface area contributed by atoms with Gasteiger partial charge in [0.2, 0.25) is 0 Å². The van der Waals surface area contributed by atoms with Crippen molar-refractivity contribution in [3.05, 3.63) is 107 Å². The topological polar surface area (TPSA) is 41.0 Å². The van der Waals surface area contributed by atoms with E-state index in [4.69, 9.17) is 14.7 Å². The van der Waals surface area contributed by atoms with Gasteiger partial charge in [0, 0.05) is 40.8 Å². The molecule has 1 atom stereocenters. The van der Waals surface area contributed by atoms with Gasteiger partial charge in [-0.25, -0.2) is 4.98 Å². The van der Waals surface area contributed by atoms with Gasteiger partial charge >= 0.3 is 21.1 Å². The van der Waals surface area contributed by atoms with E-state index in [1.807, 2.05) is 6.20 Å². The normalized spacial score (nSPS) is 19.6. The van der Waals surface area contributed by atoms with Gasteiger partial charge in [0.1, 0.15) is 5.82 Å². The second kappa shape index (κ2) is 14.6. The Morgan fingerprint density at radius 2 is 1.52 bits per heavy atom. The van der Waals surface area contributed by atoms with Crippen molar-refractivity contribution in [2.75, 3.05) is 4.90 Å². The summed E-state index contributed by atoms with van der Waals surface area (Å²) in [5.74, 6) is 3.61. The van der Waals surface area contributed by atoms with Gasteiger partial charge in [0.25, 0.3) is 0 Å². The molecule has 0 saturated heterocycles. The number of rotatable bonds is 6. The number of aliphatic imine (C=N–C) groups is 1. The fourth-order valence-electron chi connectivity index (χ4n) is 9.29. The molecule has 0 N–H and O–H groups in total. The van der Waals surface area contributed by atoms with Crippen LogP contribution in [0.3, 0.4) is 0 Å². The molecule has 1 aromatic heterocycles. The van der Waals surface area contributed by atoms with Crippen LogP contribution in [0.25, 0.3) is 0 Å². The summed E-state index contributed by atoms with van der Waals surface area (Å²) in [5.41, 5.74) is 7.65. The number of nitrogens with zero attached hydrogens (tertiary/aromatic N) is 4. The molecule has 2 aliphatic heterocycles. The van der Waals surface area contributed by atoms with Gasteiger partial charge in [-0.15, -0.1) is 34.9 Å². The first kappa shape index (κ1) is 40.2. The molecular weight excluding hydrogens is 844 g/mol. The van der Waals surface area contributed by atoms with Crippen LogP contribution in [0.15, 0.2) is 71.9 Å². The molecular formula is C48H60N4OPt. The molecule has 0 amide bonds. The van der Waals surface area contributed by atoms with Crippen LogP contribution in [-0.4, -0.2) is 33.3 Å². The fraction of sp³-hybridized carbons (Fsp3) is 0.500. The first-order valence-electron chi connectivity index (χ1n) is 19.9. The maximum atomic E-state index is 6.85. The summed E-state index contributed by atoms with van der Waals surface area (Å²) in [4.78, 5) is 15.5. The SMILES string of the molecule is CC(C)c1cc(Oc2[c-]c3c(cc2)C(C)(C)c2ccccc2N3c2cc(C(C)(C)C)ccn2)[c-]c(C2=N[C@H](C(C)(C)C)C(C)(C)N2C2CCCCC2)c1.[Pt+2]. The molecule has 6 heteroatoms. The zero-order valence-corrected chi connectivity index (χ0v) is 36.9. The van der Waals surface area contributed by atoms with Gasteiger partial charge < -0.3 is 19.5 Å². The Labute approximate surface area is 340 Å². The number of aromatic nitrogens is 1. The Morgan fingerprint density at radius 3 is 2.19 bits per heavy atom. The van der Waals surface area contributed by atoms with Crippen molar-refractivity contribution in [2.45, 2.75) is 150 Å². The Kier molecular flexibility index (Phi) is 10.9. The average Bonchev–Trinajstić information content (AvgIpc) is 3.39. The Hall–Kier alpha value is -3.43. The van der Waals surface area contributed by atoms with E-state index >= 15 is 0 Å². The molecule has 0 unspecified atom stereocenters. The Balaban J connectivity index is 0.00000497. The zero-order valence-electron chi connectivity index (χ0n) is 34.6. The van der Waals surface area contributed by atoms with Crippen molar-refractivity contribution >= 4 is 23.0 Å². The van der Waals surface area contributed by atoms with Crippen molar-refractivity contribution < 1.29 is 25.8 Å². The van der Waals surface area contributed by atoms with Crippen LogP contribution in [0.5, 0.6) is 11.5 Å². The molecule has 0 bridgehead atoms. The van der Waals surface area contributed by atoms with Crippen LogP contribution < -0.4 is 9.64 Å². The van der Waals surface area contributed by atoms with Crippen molar-refractivity contribution in [1.82, 2.24) is 9.88 Å². The van der Waals surface area contributed by atoms with Gasteiger partial charge in [-0.05, 0) is 78.2 Å². The smallest absolute Gasteiger partial charge is 0.503 e. The first-order valence-corrected chi connectivity index (χ1v) is 19.9. The number of hydrogen-bond acceptors (Lipinski definition) is 5. The van der Waals surface area contributed by atoms with E-state index in [0.717, 1.165) is 28.6 Å². The fourth-order valence-corrected chi connectivity index (χ4v) is 9.29. The molecule has 7 rings (SSSR count). The third-order valence-electron chi connectivity index (χ3n) is 12.0. The van der Waals surface area contributed by atoms with E-state index < -0.39 is 0 Å². The predicted molar refractivity (Wildman–Crippen MR) is 221 cm³/mol. The monoisotopic (exact) mass is 903 g/mol. The number of fused-ring (bicyclic) bond motifs is 2. The standard InChI is InChI=1S/C48H60N4O.Pt/c1-31(2)32-26-33(43-50-44(46(6,7)8)48(11,12)52(43)35-18-14-13-15-19-35)28-37(27-32)53-36-22-23-39-41(30-36)51(40-21-17-16-20-38(40)47(39,9)10)42-29-34(24-25-49-42)45(3,4)5;/h16-17,20-27,29,31,35,44H,13-15,18-19H2,1-12H3;/q-2;+2/t44-;/m1./s1. The van der Waals surface area contributed by atoms with Crippen LogP contribution in [0.1, 0.15) is 149 Å². The summed E-state index contributed by atoms with van der Waals surface area (Å²) in [6.45, 7) is 27.6. The number of pyridine rings is 1. The maximum absolute atomic E-state index is 6.85. The molecule has 288 valence electrons. The molecule has 0 radical (unpaired) electrons. The third kappa shape index (κ3) is 7.32. The largest absolute Gasteiger partial charge is 2.00 e. The van der Waals surface area contributed by atoms with Crippen molar-refractivity contribution in [1.29, 1.82) is 0 Å². The average molecular weight is 904 g/mol. The van der Waals surface area contributed by atoms with Crippen molar-refractivity contribution in [2.24, 2.45) is 10.4 Å². The maximum Gasteiger partial charge on any atom is 2.00 e. The van der Waals surface area contributed by atoms with Crippen LogP contribution >= 0.6 is 0 Å². The zero-order chi connectivity index (χ0) is 38.1. The number of para-hydroxylation sites is 1. The van der Waals surface area contributed by atoms with E-state index in [2.05, 4.69) is 166 Å². The number of anilines is 3. The van der Waals surface area contributed by atoms with E-state index in [-0.39, 0.29) is 48.9 Å². The minimum atomic E-state index is -0.241. The number of ether oxygens (including phenoxy) is 1. The Bertz CT molecular complexity index is 2030. The molecule has 3 aliphatic rings. The summed E-state index contributed by atoms with van der Waals surface area (Å²) in [6.07, 6.45) is 8.22. The number of hydrogen-bond donors (Lipinski definition) is 0. The minimum absolute atomic E-state index is 0. The summed E-state index contributed by atoms with van der Waals surface area (Å²) in [6, 6.07) is 29.9. The molecule has 4 aromatic rings. The minimum Gasteiger partial charge on any atom is -0.503 e. The summed E-state index contributed by atoms with van der Waals surface area (Å²) >= 11 is 0. The van der Waals surface area contributed by atoms with Gasteiger partial charge in [0.15, 0.2) is 0 Å². The van der Waals surface area contributed by atoms with Crippen molar-refractivity contribution in [3.8, 4) is 11.5 Å². The number of amidine groups is 1. The summed E-state index contributed by atoms with van der Waals surface area (Å²) < 4.78 is 6.85. The second-order valence-electron chi connectivity index (χ2n) is 19.2. The van der Waals surface area contributed by atoms with Crippen LogP contribution in [-0.2, 0) is 31.9 Å². The second-order valence-corrected chi connectivity index (χ2v) is 19.2. The summed E-state index contributed by atoms with van der Waals surface area (Å²) in [5, 5.41) is 0. The van der Waals surface area contributed by atoms with Gasteiger partial charge in [-0.3, -0.25) is 0 Å². The van der Waals surface area contributed by atoms with E-state index in [1.54, 1.807) is 0 Å². The van der Waals surface area contributed by atoms with Crippen LogP contribution in [0.4, 0.5) is 17.2 Å². The van der Waals surface area contributed by atoms with E-state index in [9.17, 15) is 0 Å². The molecule has 1 fully saturated rings. The quantitative estimate of drug-likeness (QED) is 0.181. The summed E-state index contributed by atoms with van der Waals surface area (Å²) in [7, 11) is 0.